The lowest BCUT2D eigenvalue weighted by Gasteiger charge is -2.12. The van der Waals surface area contributed by atoms with Gasteiger partial charge < -0.3 is 9.30 Å². The summed E-state index contributed by atoms with van der Waals surface area (Å²) in [5.74, 6) is 0.830. The van der Waals surface area contributed by atoms with Crippen molar-refractivity contribution in [3.63, 3.8) is 0 Å². The van der Waals surface area contributed by atoms with Gasteiger partial charge in [0, 0.05) is 22.7 Å². The highest BCUT2D eigenvalue weighted by Gasteiger charge is 2.19. The Balaban J connectivity index is 1.67. The normalized spacial score (nSPS) is 12.1. The second-order valence-electron chi connectivity index (χ2n) is 7.53. The van der Waals surface area contributed by atoms with Crippen molar-refractivity contribution >= 4 is 22.8 Å². The molecule has 2 aromatic heterocycles. The second kappa shape index (κ2) is 8.89. The van der Waals surface area contributed by atoms with Crippen LogP contribution in [0.4, 0.5) is 0 Å². The molecule has 0 aliphatic carbocycles. The highest BCUT2D eigenvalue weighted by atomic mass is 32.2. The molecule has 0 unspecified atom stereocenters. The predicted molar refractivity (Wildman–Crippen MR) is 132 cm³/mol. The smallest absolute Gasteiger partial charge is 0.149 e. The van der Waals surface area contributed by atoms with Crippen LogP contribution in [-0.2, 0) is 0 Å². The van der Waals surface area contributed by atoms with Crippen LogP contribution in [0.15, 0.2) is 102 Å². The summed E-state index contributed by atoms with van der Waals surface area (Å²) in [6.07, 6.45) is 3.82. The van der Waals surface area contributed by atoms with E-state index in [9.17, 15) is 0 Å². The Morgan fingerprint density at radius 2 is 1.53 bits per heavy atom. The molecule has 0 amide bonds. The Bertz CT molecular complexity index is 1330. The predicted octanol–water partition coefficient (Wildman–Crippen LogP) is 6.95. The maximum Gasteiger partial charge on any atom is 0.149 e. The largest absolute Gasteiger partial charge is 0.497 e. The number of methoxy groups -OCH3 is 1. The fraction of sp³-hybridized carbons (Fsp3) is 0.111. The van der Waals surface area contributed by atoms with Crippen molar-refractivity contribution in [1.29, 1.82) is 0 Å². The number of thioether (sulfide) groups is 1. The second-order valence-corrected chi connectivity index (χ2v) is 8.85. The van der Waals surface area contributed by atoms with Gasteiger partial charge in [-0.2, -0.15) is 0 Å². The van der Waals surface area contributed by atoms with Gasteiger partial charge in [0.25, 0.3) is 0 Å². The zero-order chi connectivity index (χ0) is 21.9. The van der Waals surface area contributed by atoms with Gasteiger partial charge in [-0.25, -0.2) is 9.97 Å². The van der Waals surface area contributed by atoms with Crippen LogP contribution in [0.1, 0.15) is 17.7 Å². The van der Waals surface area contributed by atoms with Crippen LogP contribution in [0, 0.1) is 0 Å². The van der Waals surface area contributed by atoms with E-state index in [-0.39, 0.29) is 5.25 Å². The van der Waals surface area contributed by atoms with Crippen LogP contribution >= 0.6 is 11.8 Å². The van der Waals surface area contributed by atoms with Crippen LogP contribution in [0.2, 0.25) is 0 Å². The molecule has 0 aliphatic rings. The number of ether oxygens (including phenoxy) is 1. The first-order chi connectivity index (χ1) is 15.7. The summed E-state index contributed by atoms with van der Waals surface area (Å²) in [6, 6.07) is 29.0. The van der Waals surface area contributed by atoms with Gasteiger partial charge in [-0.1, -0.05) is 72.4 Å². The van der Waals surface area contributed by atoms with E-state index >= 15 is 0 Å². The molecule has 0 radical (unpaired) electrons. The molecule has 5 rings (SSSR count). The molecule has 0 saturated heterocycles. The fourth-order valence-corrected chi connectivity index (χ4v) is 4.91. The fourth-order valence-electron chi connectivity index (χ4n) is 3.86. The van der Waals surface area contributed by atoms with E-state index in [1.165, 1.54) is 5.56 Å². The van der Waals surface area contributed by atoms with Crippen LogP contribution in [0.3, 0.4) is 0 Å². The average Bonchev–Trinajstić information content (AvgIpc) is 3.26. The van der Waals surface area contributed by atoms with Crippen molar-refractivity contribution in [2.24, 2.45) is 0 Å². The first-order valence-electron chi connectivity index (χ1n) is 10.5. The molecule has 5 heteroatoms. The molecule has 4 nitrogen and oxygen atoms in total. The van der Waals surface area contributed by atoms with Gasteiger partial charge in [-0.05, 0) is 42.3 Å². The van der Waals surface area contributed by atoms with Gasteiger partial charge in [0.15, 0.2) is 0 Å². The average molecular weight is 438 g/mol. The summed E-state index contributed by atoms with van der Waals surface area (Å²) in [4.78, 5) is 9.41. The maximum absolute atomic E-state index is 5.33. The highest BCUT2D eigenvalue weighted by molar-refractivity contribution is 7.99. The van der Waals surface area contributed by atoms with E-state index in [4.69, 9.17) is 14.7 Å². The Hall–Kier alpha value is -3.57. The Morgan fingerprint density at radius 1 is 0.844 bits per heavy atom. The number of aromatic nitrogens is 3. The lowest BCUT2D eigenvalue weighted by Crippen LogP contribution is -1.96. The summed E-state index contributed by atoms with van der Waals surface area (Å²) in [7, 11) is 1.68. The first kappa shape index (κ1) is 20.3. The molecular weight excluding hydrogens is 414 g/mol. The number of fused-ring (bicyclic) bond motifs is 1. The number of benzene rings is 3. The monoisotopic (exact) mass is 437 g/mol. The Kier molecular flexibility index (Phi) is 5.65. The van der Waals surface area contributed by atoms with Crippen molar-refractivity contribution in [3.05, 3.63) is 103 Å². The van der Waals surface area contributed by atoms with E-state index in [2.05, 4.69) is 78.4 Å². The summed E-state index contributed by atoms with van der Waals surface area (Å²) >= 11 is 1.77. The molecule has 1 atom stereocenters. The highest BCUT2D eigenvalue weighted by Crippen LogP contribution is 2.41. The lowest BCUT2D eigenvalue weighted by molar-refractivity contribution is 0.415. The van der Waals surface area contributed by atoms with Gasteiger partial charge in [-0.3, -0.25) is 0 Å². The number of nitrogens with zero attached hydrogens (tertiary/aromatic N) is 3. The van der Waals surface area contributed by atoms with Crippen LogP contribution in [-0.4, -0.2) is 21.6 Å². The minimum Gasteiger partial charge on any atom is -0.497 e. The third kappa shape index (κ3) is 3.87. The molecule has 2 heterocycles. The zero-order valence-corrected chi connectivity index (χ0v) is 18.8. The zero-order valence-electron chi connectivity index (χ0n) is 18.0. The lowest BCUT2D eigenvalue weighted by atomic mass is 10.1. The summed E-state index contributed by atoms with van der Waals surface area (Å²) in [6.45, 7) is 2.22. The molecule has 0 fully saturated rings. The molecule has 0 aliphatic heterocycles. The Labute approximate surface area is 191 Å². The van der Waals surface area contributed by atoms with E-state index in [0.29, 0.717) is 0 Å². The molecular formula is C27H23N3OS. The molecule has 158 valence electrons. The Morgan fingerprint density at radius 3 is 2.22 bits per heavy atom. The van der Waals surface area contributed by atoms with Gasteiger partial charge in [0.1, 0.15) is 22.7 Å². The minimum atomic E-state index is 0.266. The molecule has 0 bridgehead atoms. The van der Waals surface area contributed by atoms with Crippen molar-refractivity contribution in [1.82, 2.24) is 14.5 Å². The van der Waals surface area contributed by atoms with Crippen molar-refractivity contribution in [2.75, 3.05) is 7.11 Å². The molecule has 0 saturated carbocycles. The quantitative estimate of drug-likeness (QED) is 0.213. The number of hydrogen-bond acceptors (Lipinski definition) is 4. The van der Waals surface area contributed by atoms with Gasteiger partial charge >= 0.3 is 0 Å². The van der Waals surface area contributed by atoms with E-state index in [1.54, 1.807) is 25.2 Å². The summed E-state index contributed by atoms with van der Waals surface area (Å²) in [5, 5.41) is 2.32. The topological polar surface area (TPSA) is 39.9 Å². The van der Waals surface area contributed by atoms with Gasteiger partial charge in [-0.15, -0.1) is 0 Å². The van der Waals surface area contributed by atoms with Crippen molar-refractivity contribution in [3.8, 4) is 22.6 Å². The number of rotatable bonds is 6. The maximum atomic E-state index is 5.33. The van der Waals surface area contributed by atoms with Gasteiger partial charge in [0.05, 0.1) is 12.5 Å². The van der Waals surface area contributed by atoms with E-state index in [0.717, 1.165) is 38.6 Å². The van der Waals surface area contributed by atoms with Crippen molar-refractivity contribution < 1.29 is 4.74 Å². The third-order valence-corrected chi connectivity index (χ3v) is 6.70. The van der Waals surface area contributed by atoms with Crippen LogP contribution in [0.5, 0.6) is 5.75 Å². The molecule has 0 N–H and O–H groups in total. The van der Waals surface area contributed by atoms with Crippen LogP contribution < -0.4 is 4.74 Å². The molecule has 5 aromatic rings. The summed E-state index contributed by atoms with van der Waals surface area (Å²) in [5.41, 5.74) is 5.48. The summed E-state index contributed by atoms with van der Waals surface area (Å²) < 4.78 is 7.47. The molecule has 0 spiro atoms. The first-order valence-corrected chi connectivity index (χ1v) is 11.4. The van der Waals surface area contributed by atoms with E-state index in [1.807, 2.05) is 24.3 Å². The van der Waals surface area contributed by atoms with E-state index < -0.39 is 0 Å². The third-order valence-electron chi connectivity index (χ3n) is 5.54. The standard InChI is InChI=1S/C27H23N3OS/c1-19(20-9-5-3-6-10-20)32-27-25-24(21-11-7-4-8-12-21)17-30(26(25)28-18-29-27)22-13-15-23(31-2)16-14-22/h3-19H,1-2H3/t19-/m1/s1. The van der Waals surface area contributed by atoms with Gasteiger partial charge in [0.2, 0.25) is 0 Å². The number of hydrogen-bond donors (Lipinski definition) is 0. The molecule has 3 aromatic carbocycles. The van der Waals surface area contributed by atoms with Crippen LogP contribution in [0.25, 0.3) is 27.8 Å². The minimum absolute atomic E-state index is 0.266. The molecule has 32 heavy (non-hydrogen) atoms. The SMILES string of the molecule is COc1ccc(-n2cc(-c3ccccc3)c3c(S[C@H](C)c4ccccc4)ncnc32)cc1. The van der Waals surface area contributed by atoms with Crippen molar-refractivity contribution in [2.45, 2.75) is 17.2 Å².